The van der Waals surface area contributed by atoms with E-state index in [9.17, 15) is 0 Å². The van der Waals surface area contributed by atoms with Crippen molar-refractivity contribution < 1.29 is 6.48 Å². The highest BCUT2D eigenvalue weighted by molar-refractivity contribution is 5.81. The van der Waals surface area contributed by atoms with Crippen LogP contribution in [0, 0.1) is 0 Å². The second-order valence-corrected chi connectivity index (χ2v) is 3.11. The van der Waals surface area contributed by atoms with Gasteiger partial charge in [-0.1, -0.05) is 30.3 Å². The van der Waals surface area contributed by atoms with Crippen LogP contribution in [0.25, 0.3) is 0 Å². The normalized spacial score (nSPS) is 12.3. The number of phenols is 1. The summed E-state index contributed by atoms with van der Waals surface area (Å²) in [5.41, 5.74) is 1.43. The summed E-state index contributed by atoms with van der Waals surface area (Å²) in [6.45, 7) is 0. The number of rotatable bonds is 2. The lowest BCUT2D eigenvalue weighted by molar-refractivity contribution is 0.475. The molecule has 2 heteroatoms. The number of benzene rings is 2. The zero-order chi connectivity index (χ0) is 11.4. The highest BCUT2D eigenvalue weighted by atomic mass is 16.3. The molecular weight excluding hydrogens is 186 g/mol. The lowest BCUT2D eigenvalue weighted by atomic mass is 10.2. The standard InChI is InChI=1S/C13H11NO/c15-13-8-6-12(7-9-13)14-10-11-4-2-1-3-5-11/h1-10,15H/i10D. The third kappa shape index (κ3) is 2.68. The Kier molecular flexibility index (Phi) is 2.43. The highest BCUT2D eigenvalue weighted by Crippen LogP contribution is 2.16. The summed E-state index contributed by atoms with van der Waals surface area (Å²) in [6, 6.07) is 15.8. The van der Waals surface area contributed by atoms with E-state index in [1.807, 2.05) is 30.3 Å². The van der Waals surface area contributed by atoms with E-state index >= 15 is 0 Å². The fourth-order valence-corrected chi connectivity index (χ4v) is 1.17. The van der Waals surface area contributed by atoms with Gasteiger partial charge in [0.05, 0.1) is 7.06 Å². The maximum atomic E-state index is 9.11. The topological polar surface area (TPSA) is 32.6 Å². The van der Waals surface area contributed by atoms with Gasteiger partial charge in [-0.3, -0.25) is 4.99 Å². The number of aliphatic imine (C=N–C) groups is 1. The van der Waals surface area contributed by atoms with Crippen molar-refractivity contribution in [1.82, 2.24) is 0 Å². The average molecular weight is 198 g/mol. The zero-order valence-corrected chi connectivity index (χ0v) is 8.09. The molecule has 2 rings (SSSR count). The minimum atomic E-state index is 0.199. The summed E-state index contributed by atoms with van der Waals surface area (Å²) in [5, 5.41) is 9.11. The van der Waals surface area contributed by atoms with Crippen molar-refractivity contribution >= 4 is 11.9 Å². The maximum Gasteiger partial charge on any atom is 0.115 e. The molecule has 0 bridgehead atoms. The van der Waals surface area contributed by atoms with E-state index in [1.54, 1.807) is 24.3 Å². The molecule has 1 N–H and O–H groups in total. The van der Waals surface area contributed by atoms with Crippen LogP contribution in [0.3, 0.4) is 0 Å². The molecule has 0 aliphatic rings. The van der Waals surface area contributed by atoms with E-state index in [2.05, 4.69) is 4.99 Å². The number of nitrogens with zero attached hydrogens (tertiary/aromatic N) is 1. The Balaban J connectivity index is 2.28. The molecule has 0 atom stereocenters. The van der Waals surface area contributed by atoms with Crippen molar-refractivity contribution in [3.63, 3.8) is 0 Å². The number of hydrogen-bond acceptors (Lipinski definition) is 2. The van der Waals surface area contributed by atoms with Gasteiger partial charge in [0.25, 0.3) is 0 Å². The molecule has 0 aliphatic heterocycles. The molecule has 0 aliphatic carbocycles. The van der Waals surface area contributed by atoms with Crippen LogP contribution in [0.5, 0.6) is 5.75 Å². The number of phenolic OH excluding ortho intramolecular Hbond substituents is 1. The molecule has 15 heavy (non-hydrogen) atoms. The second-order valence-electron chi connectivity index (χ2n) is 3.11. The first-order valence-corrected chi connectivity index (χ1v) is 4.65. The van der Waals surface area contributed by atoms with Crippen LogP contribution in [-0.2, 0) is 0 Å². The third-order valence-electron chi connectivity index (χ3n) is 1.94. The fraction of sp³-hybridized carbons (Fsp3) is 0. The highest BCUT2D eigenvalue weighted by Gasteiger charge is 1.89. The van der Waals surface area contributed by atoms with Crippen molar-refractivity contribution in [3.8, 4) is 5.75 Å². The van der Waals surface area contributed by atoms with Gasteiger partial charge in [-0.05, 0) is 29.8 Å². The third-order valence-corrected chi connectivity index (χ3v) is 1.94. The first kappa shape index (κ1) is 8.24. The van der Waals surface area contributed by atoms with Gasteiger partial charge in [-0.15, -0.1) is 0 Å². The smallest absolute Gasteiger partial charge is 0.115 e. The second kappa shape index (κ2) is 4.42. The van der Waals surface area contributed by atoms with Crippen LogP contribution >= 0.6 is 0 Å². The van der Waals surface area contributed by atoms with Crippen LogP contribution in [0.4, 0.5) is 5.69 Å². The summed E-state index contributed by atoms with van der Waals surface area (Å²) in [5.74, 6) is 0.199. The zero-order valence-electron chi connectivity index (χ0n) is 9.09. The van der Waals surface area contributed by atoms with Crippen LogP contribution in [0.1, 0.15) is 6.93 Å². The summed E-state index contributed by atoms with van der Waals surface area (Å²) in [4.78, 5) is 4.14. The molecule has 2 nitrogen and oxygen atoms in total. The lowest BCUT2D eigenvalue weighted by Gasteiger charge is -1.94. The molecule has 0 saturated carbocycles. The molecule has 0 radical (unpaired) electrons. The van der Waals surface area contributed by atoms with Gasteiger partial charge in [-0.25, -0.2) is 0 Å². The molecule has 2 aromatic rings. The lowest BCUT2D eigenvalue weighted by Crippen LogP contribution is -1.77. The Morgan fingerprint density at radius 1 is 1.00 bits per heavy atom. The molecule has 74 valence electrons. The average Bonchev–Trinajstić information content (AvgIpc) is 2.33. The van der Waals surface area contributed by atoms with Crippen molar-refractivity contribution in [2.45, 2.75) is 0 Å². The van der Waals surface area contributed by atoms with Crippen molar-refractivity contribution in [2.75, 3.05) is 0 Å². The maximum absolute atomic E-state index is 9.11. The molecule has 0 saturated heterocycles. The summed E-state index contributed by atoms with van der Waals surface area (Å²) < 4.78 is 7.79. The van der Waals surface area contributed by atoms with Crippen LogP contribution in [0.2, 0.25) is 0 Å². The monoisotopic (exact) mass is 198 g/mol. The van der Waals surface area contributed by atoms with Gasteiger partial charge in [0, 0.05) is 6.19 Å². The van der Waals surface area contributed by atoms with Crippen LogP contribution in [-0.4, -0.2) is 11.3 Å². The van der Waals surface area contributed by atoms with Gasteiger partial charge in [0.15, 0.2) is 0 Å². The van der Waals surface area contributed by atoms with Gasteiger partial charge >= 0.3 is 0 Å². The summed E-state index contributed by atoms with van der Waals surface area (Å²) in [7, 11) is 0. The van der Waals surface area contributed by atoms with E-state index in [0.717, 1.165) is 5.56 Å². The minimum Gasteiger partial charge on any atom is -0.508 e. The van der Waals surface area contributed by atoms with E-state index in [1.165, 1.54) is 0 Å². The number of aromatic hydroxyl groups is 1. The molecule has 0 heterocycles. The molecule has 0 unspecified atom stereocenters. The fourth-order valence-electron chi connectivity index (χ4n) is 1.17. The molecule has 0 amide bonds. The largest absolute Gasteiger partial charge is 0.508 e. The minimum absolute atomic E-state index is 0.199. The predicted molar refractivity (Wildman–Crippen MR) is 61.8 cm³/mol. The quantitative estimate of drug-likeness (QED) is 0.739. The van der Waals surface area contributed by atoms with E-state index in [-0.39, 0.29) is 11.9 Å². The van der Waals surface area contributed by atoms with E-state index in [0.29, 0.717) is 5.69 Å². The summed E-state index contributed by atoms with van der Waals surface area (Å²) >= 11 is 0. The van der Waals surface area contributed by atoms with Crippen LogP contribution in [0.15, 0.2) is 59.6 Å². The Morgan fingerprint density at radius 2 is 1.67 bits per heavy atom. The van der Waals surface area contributed by atoms with Crippen molar-refractivity contribution in [2.24, 2.45) is 4.99 Å². The molecule has 0 spiro atoms. The Hall–Kier alpha value is -2.09. The van der Waals surface area contributed by atoms with E-state index < -0.39 is 0 Å². The molecule has 0 fully saturated rings. The molecular formula is C13H11NO. The van der Waals surface area contributed by atoms with Crippen molar-refractivity contribution in [3.05, 3.63) is 60.2 Å². The number of hydrogen-bond donors (Lipinski definition) is 1. The predicted octanol–water partition coefficient (Wildman–Crippen LogP) is 3.14. The first-order chi connectivity index (χ1) is 7.75. The molecule has 2 aromatic carbocycles. The van der Waals surface area contributed by atoms with Crippen molar-refractivity contribution in [1.29, 1.82) is 0 Å². The Labute approximate surface area is 89.9 Å². The van der Waals surface area contributed by atoms with Gasteiger partial charge in [0.1, 0.15) is 5.75 Å². The Bertz CT molecular complexity index is 491. The van der Waals surface area contributed by atoms with Gasteiger partial charge in [0.2, 0.25) is 0 Å². The van der Waals surface area contributed by atoms with Gasteiger partial charge in [-0.2, -0.15) is 0 Å². The summed E-state index contributed by atoms with van der Waals surface area (Å²) in [6.07, 6.45) is 0.214. The SMILES string of the molecule is [2H]C(=Nc1ccc(O)cc1)c1ccccc1. The van der Waals surface area contributed by atoms with Gasteiger partial charge < -0.3 is 5.11 Å². The van der Waals surface area contributed by atoms with E-state index in [4.69, 9.17) is 6.48 Å². The van der Waals surface area contributed by atoms with Crippen LogP contribution < -0.4 is 0 Å². The molecule has 0 aromatic heterocycles. The Morgan fingerprint density at radius 3 is 2.33 bits per heavy atom. The first-order valence-electron chi connectivity index (χ1n) is 5.15.